The first-order valence-electron chi connectivity index (χ1n) is 10.6. The van der Waals surface area contributed by atoms with Crippen molar-refractivity contribution < 1.29 is 9.15 Å². The first kappa shape index (κ1) is 20.3. The molecule has 1 saturated heterocycles. The van der Waals surface area contributed by atoms with Crippen molar-refractivity contribution in [2.75, 3.05) is 11.5 Å². The van der Waals surface area contributed by atoms with Gasteiger partial charge in [0.1, 0.15) is 23.3 Å². The van der Waals surface area contributed by atoms with Gasteiger partial charge >= 0.3 is 0 Å². The summed E-state index contributed by atoms with van der Waals surface area (Å²) in [6.07, 6.45) is 1.80. The predicted molar refractivity (Wildman–Crippen MR) is 130 cm³/mol. The Morgan fingerprint density at radius 2 is 1.75 bits per heavy atom. The van der Waals surface area contributed by atoms with Crippen molar-refractivity contribution in [2.45, 2.75) is 19.0 Å². The molecule has 160 valence electrons. The monoisotopic (exact) mass is 441 g/mol. The molecule has 0 spiro atoms. The average molecular weight is 442 g/mol. The molecule has 1 N–H and O–H groups in total. The number of benzene rings is 2. The quantitative estimate of drug-likeness (QED) is 0.375. The van der Waals surface area contributed by atoms with Crippen LogP contribution in [0.2, 0.25) is 0 Å². The lowest BCUT2D eigenvalue weighted by atomic mass is 10.0. The first-order valence-corrected chi connectivity index (χ1v) is 11.0. The molecule has 0 radical (unpaired) electrons. The summed E-state index contributed by atoms with van der Waals surface area (Å²) >= 11 is 5.78. The molecule has 32 heavy (non-hydrogen) atoms. The van der Waals surface area contributed by atoms with Crippen LogP contribution in [0.15, 0.2) is 95.5 Å². The molecule has 0 amide bonds. The minimum atomic E-state index is -0.187. The molecule has 5 nitrogen and oxygen atoms in total. The summed E-state index contributed by atoms with van der Waals surface area (Å²) in [5.74, 6) is 2.47. The van der Waals surface area contributed by atoms with Gasteiger partial charge in [-0.1, -0.05) is 36.4 Å². The minimum Gasteiger partial charge on any atom is -0.494 e. The fourth-order valence-corrected chi connectivity index (χ4v) is 4.41. The number of nitrogens with one attached hydrogen (secondary N) is 1. The van der Waals surface area contributed by atoms with Gasteiger partial charge in [0.05, 0.1) is 18.3 Å². The predicted octanol–water partition coefficient (Wildman–Crippen LogP) is 5.92. The third-order valence-corrected chi connectivity index (χ3v) is 5.82. The zero-order valence-corrected chi connectivity index (χ0v) is 18.5. The molecule has 0 bridgehead atoms. The largest absolute Gasteiger partial charge is 0.494 e. The van der Waals surface area contributed by atoms with Gasteiger partial charge in [0, 0.05) is 17.4 Å². The fourth-order valence-electron chi connectivity index (χ4n) is 4.06. The summed E-state index contributed by atoms with van der Waals surface area (Å²) < 4.78 is 12.0. The molecular formula is C26H23N3O2S. The number of hydrogen-bond donors (Lipinski definition) is 1. The summed E-state index contributed by atoms with van der Waals surface area (Å²) in [6.45, 7) is 2.60. The second-order valence-corrected chi connectivity index (χ2v) is 7.88. The molecule has 2 aromatic carbocycles. The molecule has 6 heteroatoms. The molecule has 3 heterocycles. The minimum absolute atomic E-state index is 0.148. The smallest absolute Gasteiger partial charge is 0.174 e. The molecule has 5 rings (SSSR count). The highest BCUT2D eigenvalue weighted by Crippen LogP contribution is 2.43. The van der Waals surface area contributed by atoms with Crippen LogP contribution in [0, 0.1) is 0 Å². The Morgan fingerprint density at radius 1 is 0.969 bits per heavy atom. The van der Waals surface area contributed by atoms with E-state index >= 15 is 0 Å². The molecular weight excluding hydrogens is 418 g/mol. The van der Waals surface area contributed by atoms with Gasteiger partial charge in [-0.05, 0) is 67.7 Å². The number of hydrogen-bond acceptors (Lipinski definition) is 4. The third-order valence-electron chi connectivity index (χ3n) is 5.50. The van der Waals surface area contributed by atoms with E-state index in [9.17, 15) is 0 Å². The van der Waals surface area contributed by atoms with Gasteiger partial charge in [0.25, 0.3) is 0 Å². The van der Waals surface area contributed by atoms with Crippen molar-refractivity contribution in [1.82, 2.24) is 10.3 Å². The number of pyridine rings is 1. The molecule has 2 aromatic heterocycles. The average Bonchev–Trinajstić information content (AvgIpc) is 3.46. The van der Waals surface area contributed by atoms with Crippen molar-refractivity contribution in [3.05, 3.63) is 103 Å². The SMILES string of the molecule is CCOc1ccc(N2C(=S)NC(c3ccccn3)C2c2ccc(-c3ccccc3)o2)cc1. The van der Waals surface area contributed by atoms with Crippen LogP contribution in [-0.4, -0.2) is 16.7 Å². The van der Waals surface area contributed by atoms with Gasteiger partial charge in [-0.25, -0.2) is 0 Å². The molecule has 1 aliphatic rings. The molecule has 2 atom stereocenters. The fraction of sp³-hybridized carbons (Fsp3) is 0.154. The molecule has 4 aromatic rings. The highest BCUT2D eigenvalue weighted by atomic mass is 32.1. The summed E-state index contributed by atoms with van der Waals surface area (Å²) in [5, 5.41) is 4.09. The summed E-state index contributed by atoms with van der Waals surface area (Å²) in [4.78, 5) is 6.69. The van der Waals surface area contributed by atoms with E-state index in [1.165, 1.54) is 0 Å². The zero-order valence-electron chi connectivity index (χ0n) is 17.6. The summed E-state index contributed by atoms with van der Waals surface area (Å²) in [5.41, 5.74) is 2.91. The zero-order chi connectivity index (χ0) is 21.9. The van der Waals surface area contributed by atoms with Crippen molar-refractivity contribution >= 4 is 23.0 Å². The maximum Gasteiger partial charge on any atom is 0.174 e. The van der Waals surface area contributed by atoms with E-state index in [4.69, 9.17) is 21.4 Å². The topological polar surface area (TPSA) is 50.5 Å². The molecule has 1 aliphatic heterocycles. The van der Waals surface area contributed by atoms with Crippen molar-refractivity contribution in [2.24, 2.45) is 0 Å². The maximum absolute atomic E-state index is 6.37. The number of anilines is 1. The standard InChI is InChI=1S/C26H23N3O2S/c1-2-30-20-13-11-19(12-14-20)29-25(24(28-26(29)32)21-10-6-7-17-27-21)23-16-15-22(31-23)18-8-4-3-5-9-18/h3-17,24-25H,2H2,1H3,(H,28,32). The summed E-state index contributed by atoms with van der Waals surface area (Å²) in [7, 11) is 0. The van der Waals surface area contributed by atoms with Crippen LogP contribution >= 0.6 is 12.2 Å². The summed E-state index contributed by atoms with van der Waals surface area (Å²) in [6, 6.07) is 27.7. The van der Waals surface area contributed by atoms with E-state index < -0.39 is 0 Å². The number of furan rings is 1. The van der Waals surface area contributed by atoms with Crippen LogP contribution in [0.25, 0.3) is 11.3 Å². The lowest BCUT2D eigenvalue weighted by Gasteiger charge is -2.26. The van der Waals surface area contributed by atoms with Crippen LogP contribution in [0.4, 0.5) is 5.69 Å². The number of thiocarbonyl (C=S) groups is 1. The van der Waals surface area contributed by atoms with Crippen molar-refractivity contribution in [3.8, 4) is 17.1 Å². The number of rotatable bonds is 6. The second-order valence-electron chi connectivity index (χ2n) is 7.49. The van der Waals surface area contributed by atoms with E-state index in [1.54, 1.807) is 6.20 Å². The van der Waals surface area contributed by atoms with E-state index in [0.717, 1.165) is 34.2 Å². The Labute approximate surface area is 192 Å². The van der Waals surface area contributed by atoms with Gasteiger partial charge in [-0.3, -0.25) is 4.98 Å². The van der Waals surface area contributed by atoms with Gasteiger partial charge in [-0.15, -0.1) is 0 Å². The normalized spacial score (nSPS) is 17.9. The van der Waals surface area contributed by atoms with Crippen LogP contribution in [-0.2, 0) is 0 Å². The van der Waals surface area contributed by atoms with Crippen LogP contribution in [0.3, 0.4) is 0 Å². The van der Waals surface area contributed by atoms with Gasteiger partial charge in [0.2, 0.25) is 0 Å². The molecule has 2 unspecified atom stereocenters. The lowest BCUT2D eigenvalue weighted by Crippen LogP contribution is -2.29. The van der Waals surface area contributed by atoms with Crippen molar-refractivity contribution in [3.63, 3.8) is 0 Å². The Kier molecular flexibility index (Phi) is 5.60. The van der Waals surface area contributed by atoms with E-state index in [0.29, 0.717) is 11.7 Å². The number of nitrogens with zero attached hydrogens (tertiary/aromatic N) is 2. The number of aromatic nitrogens is 1. The molecule has 0 saturated carbocycles. The highest BCUT2D eigenvalue weighted by Gasteiger charge is 2.42. The molecule has 1 fully saturated rings. The van der Waals surface area contributed by atoms with E-state index in [2.05, 4.69) is 15.2 Å². The Morgan fingerprint density at radius 3 is 2.47 bits per heavy atom. The van der Waals surface area contributed by atoms with Gasteiger partial charge in [-0.2, -0.15) is 0 Å². The molecule has 0 aliphatic carbocycles. The van der Waals surface area contributed by atoms with Gasteiger partial charge < -0.3 is 19.4 Å². The Bertz CT molecular complexity index is 1190. The van der Waals surface area contributed by atoms with Crippen LogP contribution in [0.1, 0.15) is 30.5 Å². The first-order chi connectivity index (χ1) is 15.7. The van der Waals surface area contributed by atoms with E-state index in [-0.39, 0.29) is 12.1 Å². The Hall–Kier alpha value is -3.64. The third kappa shape index (κ3) is 3.85. The van der Waals surface area contributed by atoms with Crippen LogP contribution < -0.4 is 15.0 Å². The van der Waals surface area contributed by atoms with Gasteiger partial charge in [0.15, 0.2) is 5.11 Å². The van der Waals surface area contributed by atoms with E-state index in [1.807, 2.05) is 91.9 Å². The Balaban J connectivity index is 1.56. The second kappa shape index (κ2) is 8.85. The highest BCUT2D eigenvalue weighted by molar-refractivity contribution is 7.80. The van der Waals surface area contributed by atoms with Crippen LogP contribution in [0.5, 0.6) is 5.75 Å². The lowest BCUT2D eigenvalue weighted by molar-refractivity contribution is 0.340. The maximum atomic E-state index is 6.37. The number of ether oxygens (including phenoxy) is 1. The van der Waals surface area contributed by atoms with Crippen molar-refractivity contribution in [1.29, 1.82) is 0 Å².